The Morgan fingerprint density at radius 3 is 2.58 bits per heavy atom. The van der Waals surface area contributed by atoms with Crippen molar-refractivity contribution in [2.75, 3.05) is 13.1 Å². The minimum atomic E-state index is -1.03. The Morgan fingerprint density at radius 2 is 2.11 bits per heavy atom. The molecule has 0 fully saturated rings. The summed E-state index contributed by atoms with van der Waals surface area (Å²) in [7, 11) is 0. The number of aryl methyl sites for hydroxylation is 1. The molecule has 0 saturated heterocycles. The fourth-order valence-electron chi connectivity index (χ4n) is 1.61. The van der Waals surface area contributed by atoms with Gasteiger partial charge in [-0.15, -0.1) is 11.3 Å². The molecule has 0 aliphatic carbocycles. The number of carboxylic acids is 1. The van der Waals surface area contributed by atoms with E-state index in [1.54, 1.807) is 11.3 Å². The Balaban J connectivity index is 2.53. The molecular formula is C13H20N2O3S. The van der Waals surface area contributed by atoms with Gasteiger partial charge in [0.1, 0.15) is 6.54 Å². The van der Waals surface area contributed by atoms with E-state index in [0.717, 1.165) is 0 Å². The number of rotatable bonds is 7. The van der Waals surface area contributed by atoms with Gasteiger partial charge in [0.25, 0.3) is 0 Å². The molecule has 0 unspecified atom stereocenters. The fraction of sp³-hybridized carbons (Fsp3) is 0.538. The van der Waals surface area contributed by atoms with Crippen molar-refractivity contribution in [2.45, 2.75) is 33.4 Å². The van der Waals surface area contributed by atoms with Crippen LogP contribution in [0.15, 0.2) is 12.1 Å². The highest BCUT2D eigenvalue weighted by Gasteiger charge is 2.15. The number of carbonyl (C=O) groups excluding carboxylic acids is 1. The Kier molecular flexibility index (Phi) is 5.98. The second-order valence-corrected chi connectivity index (χ2v) is 6.05. The highest BCUT2D eigenvalue weighted by atomic mass is 32.1. The molecule has 0 aliphatic heterocycles. The van der Waals surface area contributed by atoms with E-state index in [1.165, 1.54) is 9.75 Å². The smallest absolute Gasteiger partial charge is 0.322 e. The Labute approximate surface area is 117 Å². The molecule has 2 N–H and O–H groups in total. The van der Waals surface area contributed by atoms with Gasteiger partial charge in [0.05, 0.1) is 6.54 Å². The molecule has 0 radical (unpaired) electrons. The first kappa shape index (κ1) is 15.7. The molecule has 106 valence electrons. The van der Waals surface area contributed by atoms with E-state index >= 15 is 0 Å². The van der Waals surface area contributed by atoms with Crippen LogP contribution in [0.3, 0.4) is 0 Å². The number of hydrogen-bond acceptors (Lipinski definition) is 4. The molecule has 1 aromatic rings. The highest BCUT2D eigenvalue weighted by Crippen LogP contribution is 2.18. The van der Waals surface area contributed by atoms with Gasteiger partial charge in [-0.05, 0) is 32.9 Å². The van der Waals surface area contributed by atoms with E-state index in [0.29, 0.717) is 6.54 Å². The van der Waals surface area contributed by atoms with Crippen LogP contribution in [0, 0.1) is 6.92 Å². The number of hydrogen-bond donors (Lipinski definition) is 2. The van der Waals surface area contributed by atoms with Crippen molar-refractivity contribution >= 4 is 23.2 Å². The summed E-state index contributed by atoms with van der Waals surface area (Å²) in [6, 6.07) is 4.34. The summed E-state index contributed by atoms with van der Waals surface area (Å²) < 4.78 is 0. The van der Waals surface area contributed by atoms with Crippen molar-refractivity contribution in [1.29, 1.82) is 0 Å². The number of carboxylic acid groups (broad SMARTS) is 1. The van der Waals surface area contributed by atoms with Gasteiger partial charge >= 0.3 is 5.97 Å². The first-order valence-electron chi connectivity index (χ1n) is 6.16. The van der Waals surface area contributed by atoms with Crippen molar-refractivity contribution in [3.63, 3.8) is 0 Å². The number of nitrogens with zero attached hydrogens (tertiary/aromatic N) is 1. The lowest BCUT2D eigenvalue weighted by molar-refractivity contribution is -0.138. The van der Waals surface area contributed by atoms with Crippen LogP contribution in [0.25, 0.3) is 0 Å². The highest BCUT2D eigenvalue weighted by molar-refractivity contribution is 7.11. The topological polar surface area (TPSA) is 69.6 Å². The zero-order valence-electron chi connectivity index (χ0n) is 11.5. The number of carbonyl (C=O) groups is 2. The maximum atomic E-state index is 11.6. The quantitative estimate of drug-likeness (QED) is 0.795. The maximum Gasteiger partial charge on any atom is 0.322 e. The van der Waals surface area contributed by atoms with E-state index in [-0.39, 0.29) is 25.0 Å². The molecule has 5 nitrogen and oxygen atoms in total. The number of nitrogens with one attached hydrogen (secondary N) is 1. The predicted molar refractivity (Wildman–Crippen MR) is 75.2 cm³/mol. The second-order valence-electron chi connectivity index (χ2n) is 4.68. The normalized spacial score (nSPS) is 11.0. The SMILES string of the molecule is Cc1ccc(CN(CC(=O)NCC(=O)O)C(C)C)s1. The summed E-state index contributed by atoms with van der Waals surface area (Å²) in [4.78, 5) is 26.5. The lowest BCUT2D eigenvalue weighted by Crippen LogP contribution is -2.41. The standard InChI is InChI=1S/C13H20N2O3S/c1-9(2)15(7-11-5-4-10(3)19-11)8-12(16)14-6-13(17)18/h4-5,9H,6-8H2,1-3H3,(H,14,16)(H,17,18). The summed E-state index contributed by atoms with van der Waals surface area (Å²) in [6.07, 6.45) is 0. The molecule has 1 amide bonds. The van der Waals surface area contributed by atoms with E-state index in [9.17, 15) is 9.59 Å². The van der Waals surface area contributed by atoms with Gasteiger partial charge in [0.2, 0.25) is 5.91 Å². The Bertz CT molecular complexity index is 443. The first-order valence-corrected chi connectivity index (χ1v) is 6.98. The number of aliphatic carboxylic acids is 1. The summed E-state index contributed by atoms with van der Waals surface area (Å²) in [5.41, 5.74) is 0. The molecule has 1 aromatic heterocycles. The van der Waals surface area contributed by atoms with Crippen molar-refractivity contribution in [3.8, 4) is 0 Å². The Hall–Kier alpha value is -1.40. The lowest BCUT2D eigenvalue weighted by atomic mass is 10.3. The van der Waals surface area contributed by atoms with Crippen molar-refractivity contribution in [2.24, 2.45) is 0 Å². The molecule has 19 heavy (non-hydrogen) atoms. The molecule has 0 bridgehead atoms. The molecule has 1 heterocycles. The lowest BCUT2D eigenvalue weighted by Gasteiger charge is -2.25. The largest absolute Gasteiger partial charge is 0.480 e. The predicted octanol–water partition coefficient (Wildman–Crippen LogP) is 1.47. The van der Waals surface area contributed by atoms with Gasteiger partial charge in [0.15, 0.2) is 0 Å². The monoisotopic (exact) mass is 284 g/mol. The van der Waals surface area contributed by atoms with Gasteiger partial charge in [-0.1, -0.05) is 0 Å². The van der Waals surface area contributed by atoms with Gasteiger partial charge in [-0.25, -0.2) is 0 Å². The zero-order valence-corrected chi connectivity index (χ0v) is 12.3. The molecule has 0 atom stereocenters. The average Bonchev–Trinajstić information content (AvgIpc) is 2.71. The van der Waals surface area contributed by atoms with Gasteiger partial charge in [0, 0.05) is 22.3 Å². The van der Waals surface area contributed by atoms with Gasteiger partial charge in [-0.2, -0.15) is 0 Å². The van der Waals surface area contributed by atoms with Crippen LogP contribution in [0.4, 0.5) is 0 Å². The van der Waals surface area contributed by atoms with E-state index in [1.807, 2.05) is 25.7 Å². The Morgan fingerprint density at radius 1 is 1.42 bits per heavy atom. The first-order chi connectivity index (χ1) is 8.88. The number of thiophene rings is 1. The third-order valence-corrected chi connectivity index (χ3v) is 3.65. The summed E-state index contributed by atoms with van der Waals surface area (Å²) >= 11 is 1.71. The van der Waals surface area contributed by atoms with Crippen LogP contribution in [0.1, 0.15) is 23.6 Å². The van der Waals surface area contributed by atoms with Crippen LogP contribution in [0.5, 0.6) is 0 Å². The zero-order chi connectivity index (χ0) is 14.4. The van der Waals surface area contributed by atoms with Gasteiger partial charge < -0.3 is 10.4 Å². The minimum absolute atomic E-state index is 0.210. The summed E-state index contributed by atoms with van der Waals surface area (Å²) in [6.45, 7) is 6.67. The van der Waals surface area contributed by atoms with E-state index in [2.05, 4.69) is 17.4 Å². The van der Waals surface area contributed by atoms with Crippen LogP contribution in [-0.2, 0) is 16.1 Å². The fourth-order valence-corrected chi connectivity index (χ4v) is 2.52. The molecular weight excluding hydrogens is 264 g/mol. The van der Waals surface area contributed by atoms with E-state index < -0.39 is 5.97 Å². The van der Waals surface area contributed by atoms with Crippen LogP contribution >= 0.6 is 11.3 Å². The molecule has 0 aliphatic rings. The van der Waals surface area contributed by atoms with Crippen LogP contribution < -0.4 is 5.32 Å². The second kappa shape index (κ2) is 7.25. The molecule has 1 rings (SSSR count). The van der Waals surface area contributed by atoms with Crippen molar-refractivity contribution in [1.82, 2.24) is 10.2 Å². The average molecular weight is 284 g/mol. The molecule has 0 saturated carbocycles. The van der Waals surface area contributed by atoms with E-state index in [4.69, 9.17) is 5.11 Å². The molecule has 6 heteroatoms. The minimum Gasteiger partial charge on any atom is -0.480 e. The van der Waals surface area contributed by atoms with Crippen LogP contribution in [-0.4, -0.2) is 41.0 Å². The summed E-state index contributed by atoms with van der Waals surface area (Å²) in [5, 5.41) is 10.9. The van der Waals surface area contributed by atoms with Crippen molar-refractivity contribution in [3.05, 3.63) is 21.9 Å². The number of amides is 1. The molecule has 0 aromatic carbocycles. The third kappa shape index (κ3) is 5.85. The van der Waals surface area contributed by atoms with Gasteiger partial charge in [-0.3, -0.25) is 14.5 Å². The van der Waals surface area contributed by atoms with Crippen molar-refractivity contribution < 1.29 is 14.7 Å². The molecule has 0 spiro atoms. The third-order valence-electron chi connectivity index (χ3n) is 2.67. The summed E-state index contributed by atoms with van der Waals surface area (Å²) in [5.74, 6) is -1.29. The maximum absolute atomic E-state index is 11.6. The van der Waals surface area contributed by atoms with Crippen LogP contribution in [0.2, 0.25) is 0 Å².